The second-order valence-electron chi connectivity index (χ2n) is 6.06. The van der Waals surface area contributed by atoms with Crippen LogP contribution in [0.2, 0.25) is 0 Å². The van der Waals surface area contributed by atoms with Gasteiger partial charge >= 0.3 is 0 Å². The Kier molecular flexibility index (Phi) is 4.54. The largest absolute Gasteiger partial charge is 0.223 e. The molecule has 0 bridgehead atoms. The van der Waals surface area contributed by atoms with Crippen molar-refractivity contribution in [3.8, 4) is 0 Å². The summed E-state index contributed by atoms with van der Waals surface area (Å²) in [4.78, 5) is 0.350. The Labute approximate surface area is 143 Å². The summed E-state index contributed by atoms with van der Waals surface area (Å²) in [7, 11) is -3.54. The van der Waals surface area contributed by atoms with E-state index in [1.54, 1.807) is 12.1 Å². The van der Waals surface area contributed by atoms with E-state index in [2.05, 4.69) is 0 Å². The van der Waals surface area contributed by atoms with Crippen LogP contribution in [0.15, 0.2) is 83.8 Å². The van der Waals surface area contributed by atoms with Gasteiger partial charge < -0.3 is 0 Å². The lowest BCUT2D eigenvalue weighted by Gasteiger charge is -2.19. The Morgan fingerprint density at radius 3 is 1.62 bits per heavy atom. The predicted octanol–water partition coefficient (Wildman–Crippen LogP) is 4.87. The third-order valence-corrected chi connectivity index (χ3v) is 6.24. The average molecular weight is 336 g/mol. The number of hydrogen-bond acceptors (Lipinski definition) is 2. The van der Waals surface area contributed by atoms with Gasteiger partial charge in [-0.2, -0.15) is 0 Å². The smallest absolute Gasteiger partial charge is 0.189 e. The molecule has 0 aliphatic rings. The van der Waals surface area contributed by atoms with Crippen molar-refractivity contribution >= 4 is 9.84 Å². The van der Waals surface area contributed by atoms with Crippen molar-refractivity contribution in [1.82, 2.24) is 0 Å². The van der Waals surface area contributed by atoms with Gasteiger partial charge in [-0.25, -0.2) is 8.42 Å². The van der Waals surface area contributed by atoms with Gasteiger partial charge in [0.25, 0.3) is 0 Å². The molecule has 0 radical (unpaired) electrons. The van der Waals surface area contributed by atoms with Gasteiger partial charge in [-0.15, -0.1) is 0 Å². The summed E-state index contributed by atoms with van der Waals surface area (Å²) in [5.74, 6) is 0. The van der Waals surface area contributed by atoms with Gasteiger partial charge in [0.2, 0.25) is 0 Å². The van der Waals surface area contributed by atoms with Gasteiger partial charge in [-0.3, -0.25) is 0 Å². The average Bonchev–Trinajstić information content (AvgIpc) is 2.58. The molecule has 0 amide bonds. The van der Waals surface area contributed by atoms with Crippen molar-refractivity contribution < 1.29 is 8.42 Å². The Bertz CT molecular complexity index is 910. The summed E-state index contributed by atoms with van der Waals surface area (Å²) >= 11 is 0. The molecule has 0 saturated carbocycles. The lowest BCUT2D eigenvalue weighted by atomic mass is 10.0. The summed E-state index contributed by atoms with van der Waals surface area (Å²) in [6.07, 6.45) is 0. The van der Waals surface area contributed by atoms with Crippen molar-refractivity contribution in [2.75, 3.05) is 0 Å². The lowest BCUT2D eigenvalue weighted by molar-refractivity contribution is 0.589. The third-order valence-electron chi connectivity index (χ3n) is 4.14. The van der Waals surface area contributed by atoms with Crippen molar-refractivity contribution in [2.45, 2.75) is 24.0 Å². The Morgan fingerprint density at radius 2 is 1.08 bits per heavy atom. The van der Waals surface area contributed by atoms with Crippen LogP contribution in [0.25, 0.3) is 0 Å². The van der Waals surface area contributed by atoms with Gasteiger partial charge in [-0.05, 0) is 37.1 Å². The fourth-order valence-corrected chi connectivity index (χ4v) is 4.60. The molecule has 0 aliphatic heterocycles. The van der Waals surface area contributed by atoms with Crippen LogP contribution < -0.4 is 0 Å². The highest BCUT2D eigenvalue weighted by Gasteiger charge is 2.30. The maximum Gasteiger partial charge on any atom is 0.189 e. The molecule has 1 atom stereocenters. The van der Waals surface area contributed by atoms with Crippen LogP contribution in [0.1, 0.15) is 27.5 Å². The van der Waals surface area contributed by atoms with Crippen LogP contribution in [-0.4, -0.2) is 8.42 Å². The molecule has 122 valence electrons. The minimum atomic E-state index is -3.54. The minimum Gasteiger partial charge on any atom is -0.223 e. The second kappa shape index (κ2) is 6.62. The van der Waals surface area contributed by atoms with Crippen LogP contribution >= 0.6 is 0 Å². The first-order chi connectivity index (χ1) is 11.5. The van der Waals surface area contributed by atoms with Crippen LogP contribution in [0.5, 0.6) is 0 Å². The van der Waals surface area contributed by atoms with E-state index in [0.29, 0.717) is 4.90 Å². The zero-order valence-electron chi connectivity index (χ0n) is 13.8. The molecule has 3 aromatic carbocycles. The summed E-state index contributed by atoms with van der Waals surface area (Å²) in [5, 5.41) is -0.706. The number of benzene rings is 3. The van der Waals surface area contributed by atoms with E-state index in [4.69, 9.17) is 0 Å². The molecular weight excluding hydrogens is 316 g/mol. The monoisotopic (exact) mass is 336 g/mol. The van der Waals surface area contributed by atoms with Gasteiger partial charge in [0, 0.05) is 0 Å². The molecule has 3 aromatic rings. The van der Waals surface area contributed by atoms with Crippen LogP contribution in [0.3, 0.4) is 0 Å². The van der Waals surface area contributed by atoms with Crippen molar-refractivity contribution in [3.63, 3.8) is 0 Å². The highest BCUT2D eigenvalue weighted by Crippen LogP contribution is 2.35. The highest BCUT2D eigenvalue weighted by atomic mass is 32.2. The molecule has 0 N–H and O–H groups in total. The Hall–Kier alpha value is -2.39. The minimum absolute atomic E-state index is 0.350. The van der Waals surface area contributed by atoms with Gasteiger partial charge in [0.05, 0.1) is 4.90 Å². The first-order valence-corrected chi connectivity index (χ1v) is 9.45. The van der Waals surface area contributed by atoms with Crippen molar-refractivity contribution in [2.24, 2.45) is 0 Å². The molecule has 0 spiro atoms. The maximum absolute atomic E-state index is 13.3. The van der Waals surface area contributed by atoms with E-state index < -0.39 is 15.1 Å². The van der Waals surface area contributed by atoms with E-state index >= 15 is 0 Å². The van der Waals surface area contributed by atoms with E-state index in [1.165, 1.54) is 0 Å². The summed E-state index contributed by atoms with van der Waals surface area (Å²) in [5.41, 5.74) is 3.72. The van der Waals surface area contributed by atoms with E-state index in [0.717, 1.165) is 22.3 Å². The van der Waals surface area contributed by atoms with Crippen LogP contribution in [0, 0.1) is 13.8 Å². The number of hydrogen-bond donors (Lipinski definition) is 0. The predicted molar refractivity (Wildman–Crippen MR) is 97.8 cm³/mol. The maximum atomic E-state index is 13.3. The standard InChI is InChI=1S/C21H20O2S/c1-16-8-12-19(13-9-16)21(18-6-4-3-5-7-18)24(22,23)20-14-10-17(2)11-15-20/h3-15,21H,1-2H3. The Morgan fingerprint density at radius 1 is 0.625 bits per heavy atom. The zero-order valence-corrected chi connectivity index (χ0v) is 14.6. The fraction of sp³-hybridized carbons (Fsp3) is 0.143. The van der Waals surface area contributed by atoms with Crippen molar-refractivity contribution in [3.05, 3.63) is 101 Å². The molecule has 2 nitrogen and oxygen atoms in total. The van der Waals surface area contributed by atoms with Crippen molar-refractivity contribution in [1.29, 1.82) is 0 Å². The van der Waals surface area contributed by atoms with Crippen LogP contribution in [-0.2, 0) is 9.84 Å². The SMILES string of the molecule is Cc1ccc(C(c2ccccc2)S(=O)(=O)c2ccc(C)cc2)cc1. The number of rotatable bonds is 4. The number of sulfone groups is 1. The molecule has 3 rings (SSSR count). The number of aryl methyl sites for hydroxylation is 2. The molecule has 3 heteroatoms. The molecule has 0 aromatic heterocycles. The topological polar surface area (TPSA) is 34.1 Å². The molecule has 0 fully saturated rings. The summed E-state index contributed by atoms with van der Waals surface area (Å²) in [6.45, 7) is 3.95. The first-order valence-electron chi connectivity index (χ1n) is 7.90. The van der Waals surface area contributed by atoms with Gasteiger partial charge in [-0.1, -0.05) is 77.9 Å². The van der Waals surface area contributed by atoms with Crippen LogP contribution in [0.4, 0.5) is 0 Å². The van der Waals surface area contributed by atoms with E-state index in [1.807, 2.05) is 80.6 Å². The third kappa shape index (κ3) is 3.26. The van der Waals surface area contributed by atoms with Gasteiger partial charge in [0.1, 0.15) is 5.25 Å². The molecule has 0 aliphatic carbocycles. The lowest BCUT2D eigenvalue weighted by Crippen LogP contribution is -2.15. The van der Waals surface area contributed by atoms with Gasteiger partial charge in [0.15, 0.2) is 9.84 Å². The first kappa shape index (κ1) is 16.5. The fourth-order valence-electron chi connectivity index (χ4n) is 2.78. The molecular formula is C21H20O2S. The highest BCUT2D eigenvalue weighted by molar-refractivity contribution is 7.91. The van der Waals surface area contributed by atoms with E-state index in [9.17, 15) is 8.42 Å². The molecule has 1 unspecified atom stereocenters. The molecule has 0 saturated heterocycles. The molecule has 24 heavy (non-hydrogen) atoms. The zero-order chi connectivity index (χ0) is 17.2. The summed E-state index contributed by atoms with van der Waals surface area (Å²) < 4.78 is 26.7. The van der Waals surface area contributed by atoms with E-state index in [-0.39, 0.29) is 0 Å². The molecule has 0 heterocycles. The second-order valence-corrected chi connectivity index (χ2v) is 8.09. The Balaban J connectivity index is 2.17. The summed E-state index contributed by atoms with van der Waals surface area (Å²) in [6, 6.07) is 24.2. The normalized spacial score (nSPS) is 12.8. The quantitative estimate of drug-likeness (QED) is 0.681.